The van der Waals surface area contributed by atoms with Crippen molar-refractivity contribution in [3.05, 3.63) is 78.4 Å². The molecule has 1 fully saturated rings. The van der Waals surface area contributed by atoms with Crippen LogP contribution >= 0.6 is 0 Å². The maximum absolute atomic E-state index is 13.1. The van der Waals surface area contributed by atoms with Gasteiger partial charge in [0.2, 0.25) is 11.8 Å². The summed E-state index contributed by atoms with van der Waals surface area (Å²) in [4.78, 5) is 36.6. The summed E-state index contributed by atoms with van der Waals surface area (Å²) in [6.45, 7) is 0. The molecule has 0 unspecified atom stereocenters. The number of rotatable bonds is 7. The van der Waals surface area contributed by atoms with E-state index >= 15 is 0 Å². The summed E-state index contributed by atoms with van der Waals surface area (Å²) in [5, 5.41) is 19.1. The van der Waals surface area contributed by atoms with Gasteiger partial charge in [-0.25, -0.2) is 0 Å². The number of amides is 2. The molecule has 8 heteroatoms. The molecular formula is C23H22N3NaO4. The Morgan fingerprint density at radius 1 is 0.903 bits per heavy atom. The van der Waals surface area contributed by atoms with Crippen LogP contribution < -0.4 is 16.0 Å². The average Bonchev–Trinajstić information content (AvgIpc) is 3.56. The van der Waals surface area contributed by atoms with Crippen LogP contribution in [0, 0.1) is 0 Å². The summed E-state index contributed by atoms with van der Waals surface area (Å²) in [5.74, 6) is -1.96. The maximum atomic E-state index is 13.1. The van der Waals surface area contributed by atoms with Crippen LogP contribution in [0.15, 0.2) is 72.8 Å². The summed E-state index contributed by atoms with van der Waals surface area (Å²) < 4.78 is 0. The van der Waals surface area contributed by atoms with E-state index in [1.54, 1.807) is 0 Å². The van der Waals surface area contributed by atoms with E-state index in [1.807, 2.05) is 72.8 Å². The molecule has 0 aromatic heterocycles. The molecule has 7 nitrogen and oxygen atoms in total. The van der Waals surface area contributed by atoms with Crippen molar-refractivity contribution in [3.63, 3.8) is 0 Å². The van der Waals surface area contributed by atoms with Gasteiger partial charge >= 0.3 is 35.5 Å². The van der Waals surface area contributed by atoms with E-state index in [0.717, 1.165) is 16.3 Å². The number of hydrogen-bond acceptors (Lipinski definition) is 4. The summed E-state index contributed by atoms with van der Waals surface area (Å²) in [6, 6.07) is 20.1. The minimum atomic E-state index is -1.09. The number of carboxylic acids is 1. The molecule has 1 saturated heterocycles. The van der Waals surface area contributed by atoms with Gasteiger partial charge in [0.1, 0.15) is 18.1 Å². The summed E-state index contributed by atoms with van der Waals surface area (Å²) >= 11 is 0. The average molecular weight is 427 g/mol. The predicted molar refractivity (Wildman–Crippen MR) is 120 cm³/mol. The van der Waals surface area contributed by atoms with Crippen LogP contribution in [0.5, 0.6) is 0 Å². The molecule has 0 aliphatic carbocycles. The fraction of sp³-hybridized carbons (Fsp3) is 0.174. The zero-order valence-electron chi connectivity index (χ0n) is 16.0. The third-order valence-electron chi connectivity index (χ3n) is 5.09. The van der Waals surface area contributed by atoms with Crippen LogP contribution in [-0.4, -0.2) is 70.6 Å². The Kier molecular flexibility index (Phi) is 7.46. The number of anilines is 1. The molecule has 154 valence electrons. The minimum absolute atomic E-state index is 0. The molecule has 3 atom stereocenters. The number of nitrogens with one attached hydrogen (secondary N) is 3. The molecular weight excluding hydrogens is 405 g/mol. The Bertz CT molecular complexity index is 1100. The van der Waals surface area contributed by atoms with E-state index in [-0.39, 0.29) is 41.9 Å². The van der Waals surface area contributed by atoms with Crippen molar-refractivity contribution < 1.29 is 19.5 Å². The Hall–Kier alpha value is -2.71. The van der Waals surface area contributed by atoms with Crippen molar-refractivity contribution in [2.45, 2.75) is 24.5 Å². The fourth-order valence-corrected chi connectivity index (χ4v) is 3.45. The van der Waals surface area contributed by atoms with Gasteiger partial charge in [-0.3, -0.25) is 19.7 Å². The van der Waals surface area contributed by atoms with Crippen molar-refractivity contribution in [1.82, 2.24) is 10.6 Å². The first kappa shape index (κ1) is 23.0. The molecule has 3 aromatic rings. The Morgan fingerprint density at radius 2 is 1.58 bits per heavy atom. The normalized spacial score (nSPS) is 17.8. The monoisotopic (exact) mass is 427 g/mol. The standard InChI is InChI=1S/C23H21N3O4.Na.H/c27-21(24-17-12-6-10-15-9-4-5-11-16(15)17)18(13-14-7-2-1-3-8-14)25-22(28)19-20(26-19)23(29)30;;/h1-12,18-20,26H,13H2,(H,24,27)(H,25,28)(H,29,30);;/t18-,19-,20-;;/m0../s1. The van der Waals surface area contributed by atoms with Crippen molar-refractivity contribution in [2.75, 3.05) is 5.32 Å². The number of carbonyl (C=O) groups is 3. The number of aliphatic carboxylic acids is 1. The second kappa shape index (κ2) is 10.1. The Morgan fingerprint density at radius 3 is 2.29 bits per heavy atom. The first-order chi connectivity index (χ1) is 14.5. The Balaban J connectivity index is 0.00000272. The number of carboxylic acid groups (broad SMARTS) is 1. The van der Waals surface area contributed by atoms with E-state index in [9.17, 15) is 14.4 Å². The van der Waals surface area contributed by atoms with Crippen molar-refractivity contribution in [2.24, 2.45) is 0 Å². The molecule has 1 aliphatic heterocycles. The van der Waals surface area contributed by atoms with Crippen molar-refractivity contribution in [1.29, 1.82) is 0 Å². The van der Waals surface area contributed by atoms with Crippen LogP contribution in [0.2, 0.25) is 0 Å². The Labute approximate surface area is 201 Å². The molecule has 0 bridgehead atoms. The van der Waals surface area contributed by atoms with Gasteiger partial charge in [-0.05, 0) is 17.0 Å². The third-order valence-corrected chi connectivity index (χ3v) is 5.09. The molecule has 4 rings (SSSR count). The van der Waals surface area contributed by atoms with Gasteiger partial charge in [0.25, 0.3) is 0 Å². The van der Waals surface area contributed by atoms with E-state index in [2.05, 4.69) is 16.0 Å². The molecule has 1 heterocycles. The van der Waals surface area contributed by atoms with Gasteiger partial charge in [0.05, 0.1) is 0 Å². The van der Waals surface area contributed by atoms with E-state index in [4.69, 9.17) is 5.11 Å². The molecule has 2 amide bonds. The van der Waals surface area contributed by atoms with Gasteiger partial charge in [-0.15, -0.1) is 0 Å². The van der Waals surface area contributed by atoms with Crippen molar-refractivity contribution >= 4 is 63.8 Å². The molecule has 3 aromatic carbocycles. The number of fused-ring (bicyclic) bond motifs is 1. The molecule has 31 heavy (non-hydrogen) atoms. The van der Waals surface area contributed by atoms with Crippen LogP contribution in [-0.2, 0) is 20.8 Å². The van der Waals surface area contributed by atoms with Crippen LogP contribution in [0.1, 0.15) is 5.56 Å². The number of hydrogen-bond donors (Lipinski definition) is 4. The first-order valence-corrected chi connectivity index (χ1v) is 9.65. The second-order valence-corrected chi connectivity index (χ2v) is 7.23. The predicted octanol–water partition coefficient (Wildman–Crippen LogP) is 1.28. The molecule has 4 N–H and O–H groups in total. The van der Waals surface area contributed by atoms with Gasteiger partial charge in [0, 0.05) is 17.5 Å². The van der Waals surface area contributed by atoms with E-state index in [0.29, 0.717) is 5.69 Å². The number of carbonyl (C=O) groups excluding carboxylic acids is 2. The van der Waals surface area contributed by atoms with E-state index in [1.165, 1.54) is 0 Å². The van der Waals surface area contributed by atoms with Crippen molar-refractivity contribution in [3.8, 4) is 0 Å². The zero-order chi connectivity index (χ0) is 21.1. The van der Waals surface area contributed by atoms with Gasteiger partial charge in [-0.2, -0.15) is 0 Å². The number of benzene rings is 3. The van der Waals surface area contributed by atoms with Gasteiger partial charge in [0.15, 0.2) is 0 Å². The van der Waals surface area contributed by atoms with Crippen LogP contribution in [0.25, 0.3) is 10.8 Å². The third kappa shape index (κ3) is 5.51. The van der Waals surface area contributed by atoms with Crippen LogP contribution in [0.4, 0.5) is 5.69 Å². The van der Waals surface area contributed by atoms with Gasteiger partial charge in [-0.1, -0.05) is 66.7 Å². The molecule has 0 radical (unpaired) electrons. The van der Waals surface area contributed by atoms with E-state index < -0.39 is 30.0 Å². The zero-order valence-corrected chi connectivity index (χ0v) is 16.0. The second-order valence-electron chi connectivity index (χ2n) is 7.23. The molecule has 1 aliphatic rings. The first-order valence-electron chi connectivity index (χ1n) is 9.65. The fourth-order valence-electron chi connectivity index (χ4n) is 3.45. The SMILES string of the molecule is O=C(Nc1cccc2ccccc12)[C@H](Cc1ccccc1)NC(=O)[C@H]1N[C@@H]1C(=O)O.[NaH]. The quantitative estimate of drug-likeness (QED) is 0.335. The summed E-state index contributed by atoms with van der Waals surface area (Å²) in [5.41, 5.74) is 1.53. The molecule has 0 spiro atoms. The summed E-state index contributed by atoms with van der Waals surface area (Å²) in [7, 11) is 0. The topological polar surface area (TPSA) is 117 Å². The molecule has 0 saturated carbocycles. The van der Waals surface area contributed by atoms with Gasteiger partial charge < -0.3 is 15.7 Å². The van der Waals surface area contributed by atoms with Crippen LogP contribution in [0.3, 0.4) is 0 Å². The summed E-state index contributed by atoms with van der Waals surface area (Å²) in [6.07, 6.45) is 0.285.